The van der Waals surface area contributed by atoms with E-state index in [0.29, 0.717) is 17.0 Å². The molecule has 0 fully saturated rings. The molecule has 12 heteroatoms. The van der Waals surface area contributed by atoms with E-state index >= 15 is 0 Å². The van der Waals surface area contributed by atoms with Crippen LogP contribution in [0.25, 0.3) is 0 Å². The molecule has 0 aromatic heterocycles. The van der Waals surface area contributed by atoms with Gasteiger partial charge < -0.3 is 14.2 Å². The van der Waals surface area contributed by atoms with Gasteiger partial charge >= 0.3 is 12.1 Å². The number of nitrogens with zero attached hydrogens (tertiary/aromatic N) is 1. The zero-order valence-electron chi connectivity index (χ0n) is 20.0. The van der Waals surface area contributed by atoms with E-state index in [1.54, 1.807) is 20.8 Å². The number of ketones is 1. The molecule has 1 aliphatic rings. The third kappa shape index (κ3) is 4.97. The molecule has 2 aromatic rings. The fraction of sp³-hybridized carbons (Fsp3) is 0.333. The zero-order chi connectivity index (χ0) is 26.9. The lowest BCUT2D eigenvalue weighted by atomic mass is 9.89. The SMILES string of the molecule is CCOC(=O)C1C(=O)c2cc(F)c(F)cc2N(c2ccc(F)c(NC(=O)OC(C)(C)C)c2OC)C1=O. The van der Waals surface area contributed by atoms with Gasteiger partial charge in [-0.3, -0.25) is 24.6 Å². The van der Waals surface area contributed by atoms with Gasteiger partial charge in [0.2, 0.25) is 0 Å². The van der Waals surface area contributed by atoms with Crippen LogP contribution in [0.2, 0.25) is 0 Å². The summed E-state index contributed by atoms with van der Waals surface area (Å²) in [6.07, 6.45) is -1.05. The van der Waals surface area contributed by atoms with Crippen molar-refractivity contribution in [1.82, 2.24) is 0 Å². The minimum Gasteiger partial charge on any atom is -0.492 e. The number of carbonyl (C=O) groups is 4. The molecule has 1 atom stereocenters. The summed E-state index contributed by atoms with van der Waals surface area (Å²) in [4.78, 5) is 51.8. The van der Waals surface area contributed by atoms with Crippen LogP contribution in [0.5, 0.6) is 5.75 Å². The number of rotatable bonds is 5. The van der Waals surface area contributed by atoms with Crippen LogP contribution in [0, 0.1) is 23.4 Å². The first-order valence-electron chi connectivity index (χ1n) is 10.7. The number of esters is 1. The second-order valence-corrected chi connectivity index (χ2v) is 8.61. The number of benzene rings is 2. The number of Topliss-reactive ketones (excluding diaryl/α,β-unsaturated/α-hetero) is 1. The fourth-order valence-corrected chi connectivity index (χ4v) is 3.57. The number of methoxy groups -OCH3 is 1. The third-order valence-corrected chi connectivity index (χ3v) is 4.95. The molecule has 1 heterocycles. The van der Waals surface area contributed by atoms with E-state index in [-0.39, 0.29) is 12.3 Å². The Kier molecular flexibility index (Phi) is 7.27. The minimum atomic E-state index is -2.04. The van der Waals surface area contributed by atoms with Crippen LogP contribution < -0.4 is 15.0 Å². The van der Waals surface area contributed by atoms with Gasteiger partial charge in [-0.25, -0.2) is 18.0 Å². The quantitative estimate of drug-likeness (QED) is 0.468. The van der Waals surface area contributed by atoms with Crippen LogP contribution in [-0.2, 0) is 19.1 Å². The lowest BCUT2D eigenvalue weighted by molar-refractivity contribution is -0.149. The Bertz CT molecular complexity index is 1260. The molecule has 0 radical (unpaired) electrons. The molecule has 0 aliphatic carbocycles. The summed E-state index contributed by atoms with van der Waals surface area (Å²) in [5, 5.41) is 2.20. The Morgan fingerprint density at radius 2 is 1.67 bits per heavy atom. The molecular formula is C24H23F3N2O7. The molecule has 9 nitrogen and oxygen atoms in total. The van der Waals surface area contributed by atoms with Crippen molar-refractivity contribution in [2.45, 2.75) is 33.3 Å². The Balaban J connectivity index is 2.23. The van der Waals surface area contributed by atoms with Crippen molar-refractivity contribution in [3.8, 4) is 5.75 Å². The molecule has 192 valence electrons. The van der Waals surface area contributed by atoms with E-state index in [9.17, 15) is 32.3 Å². The first-order chi connectivity index (χ1) is 16.8. The van der Waals surface area contributed by atoms with Gasteiger partial charge in [-0.2, -0.15) is 0 Å². The lowest BCUT2D eigenvalue weighted by Crippen LogP contribution is -2.46. The van der Waals surface area contributed by atoms with Crippen molar-refractivity contribution < 1.29 is 46.6 Å². The standard InChI is InChI=1S/C24H23F3N2O7/c1-6-35-22(32)17-19(30)11-9-13(26)14(27)10-16(11)29(21(17)31)15-8-7-12(25)18(20(15)34-5)28-23(33)36-24(2,3)4/h7-10,17H,6H2,1-5H3,(H,28,33). The van der Waals surface area contributed by atoms with Gasteiger partial charge in [0, 0.05) is 11.6 Å². The number of anilines is 3. The van der Waals surface area contributed by atoms with E-state index in [1.807, 2.05) is 0 Å². The van der Waals surface area contributed by atoms with E-state index in [1.165, 1.54) is 6.92 Å². The van der Waals surface area contributed by atoms with E-state index < -0.39 is 75.4 Å². The number of hydrogen-bond donors (Lipinski definition) is 1. The maximum absolute atomic E-state index is 14.8. The monoisotopic (exact) mass is 508 g/mol. The van der Waals surface area contributed by atoms with Crippen molar-refractivity contribution in [2.24, 2.45) is 5.92 Å². The maximum Gasteiger partial charge on any atom is 0.412 e. The topological polar surface area (TPSA) is 111 Å². The van der Waals surface area contributed by atoms with Crippen molar-refractivity contribution in [1.29, 1.82) is 0 Å². The molecule has 1 N–H and O–H groups in total. The summed E-state index contributed by atoms with van der Waals surface area (Å²) < 4.78 is 58.2. The molecule has 0 saturated carbocycles. The lowest BCUT2D eigenvalue weighted by Gasteiger charge is -2.33. The van der Waals surface area contributed by atoms with Crippen LogP contribution in [-0.4, -0.2) is 43.1 Å². The summed E-state index contributed by atoms with van der Waals surface area (Å²) in [5.74, 6) is -9.70. The molecule has 36 heavy (non-hydrogen) atoms. The average molecular weight is 508 g/mol. The van der Waals surface area contributed by atoms with Crippen LogP contribution in [0.4, 0.5) is 35.0 Å². The predicted molar refractivity (Wildman–Crippen MR) is 121 cm³/mol. The number of hydrogen-bond acceptors (Lipinski definition) is 7. The number of fused-ring (bicyclic) bond motifs is 1. The van der Waals surface area contributed by atoms with Gasteiger partial charge in [-0.05, 0) is 45.9 Å². The van der Waals surface area contributed by atoms with Crippen molar-refractivity contribution in [3.63, 3.8) is 0 Å². The predicted octanol–water partition coefficient (Wildman–Crippen LogP) is 4.50. The smallest absolute Gasteiger partial charge is 0.412 e. The Morgan fingerprint density at radius 1 is 1.03 bits per heavy atom. The van der Waals surface area contributed by atoms with Crippen LogP contribution in [0.15, 0.2) is 24.3 Å². The minimum absolute atomic E-state index is 0.162. The van der Waals surface area contributed by atoms with Gasteiger partial charge in [0.15, 0.2) is 34.9 Å². The normalized spacial score (nSPS) is 15.3. The van der Waals surface area contributed by atoms with Crippen LogP contribution in [0.3, 0.4) is 0 Å². The van der Waals surface area contributed by atoms with Gasteiger partial charge in [-0.1, -0.05) is 0 Å². The number of carbonyl (C=O) groups excluding carboxylic acids is 4. The highest BCUT2D eigenvalue weighted by molar-refractivity contribution is 6.32. The van der Waals surface area contributed by atoms with Crippen molar-refractivity contribution >= 4 is 40.8 Å². The summed E-state index contributed by atoms with van der Waals surface area (Å²) in [7, 11) is 1.10. The summed E-state index contributed by atoms with van der Waals surface area (Å²) in [6.45, 7) is 6.04. The van der Waals surface area contributed by atoms with Crippen LogP contribution >= 0.6 is 0 Å². The molecule has 3 rings (SSSR count). The van der Waals surface area contributed by atoms with Gasteiger partial charge in [0.05, 0.1) is 25.1 Å². The first-order valence-corrected chi connectivity index (χ1v) is 10.7. The molecule has 0 bridgehead atoms. The number of ether oxygens (including phenoxy) is 3. The summed E-state index contributed by atoms with van der Waals surface area (Å²) >= 11 is 0. The number of halogens is 3. The highest BCUT2D eigenvalue weighted by Gasteiger charge is 2.47. The zero-order valence-corrected chi connectivity index (χ0v) is 20.0. The van der Waals surface area contributed by atoms with E-state index in [4.69, 9.17) is 14.2 Å². The molecular weight excluding hydrogens is 485 g/mol. The second-order valence-electron chi connectivity index (χ2n) is 8.61. The first kappa shape index (κ1) is 26.5. The number of nitrogens with one attached hydrogen (secondary N) is 1. The molecule has 0 spiro atoms. The van der Waals surface area contributed by atoms with E-state index in [2.05, 4.69) is 5.32 Å². The Morgan fingerprint density at radius 3 is 2.25 bits per heavy atom. The molecule has 0 saturated heterocycles. The highest BCUT2D eigenvalue weighted by atomic mass is 19.2. The third-order valence-electron chi connectivity index (χ3n) is 4.95. The molecule has 2 amide bonds. The average Bonchev–Trinajstić information content (AvgIpc) is 2.76. The summed E-state index contributed by atoms with van der Waals surface area (Å²) in [6, 6.07) is 3.06. The summed E-state index contributed by atoms with van der Waals surface area (Å²) in [5.41, 5.74) is -2.64. The largest absolute Gasteiger partial charge is 0.492 e. The van der Waals surface area contributed by atoms with Gasteiger partial charge in [-0.15, -0.1) is 0 Å². The molecule has 1 unspecified atom stereocenters. The molecule has 2 aromatic carbocycles. The Hall–Kier alpha value is -4.09. The molecule has 1 aliphatic heterocycles. The number of amides is 2. The van der Waals surface area contributed by atoms with Crippen LogP contribution in [0.1, 0.15) is 38.1 Å². The van der Waals surface area contributed by atoms with Gasteiger partial charge in [0.25, 0.3) is 5.91 Å². The maximum atomic E-state index is 14.8. The second kappa shape index (κ2) is 9.88. The van der Waals surface area contributed by atoms with Gasteiger partial charge in [0.1, 0.15) is 11.3 Å². The fourth-order valence-electron chi connectivity index (χ4n) is 3.57. The highest BCUT2D eigenvalue weighted by Crippen LogP contribution is 2.45. The van der Waals surface area contributed by atoms with Crippen molar-refractivity contribution in [2.75, 3.05) is 23.9 Å². The Labute approximate surface area is 204 Å². The van der Waals surface area contributed by atoms with E-state index in [0.717, 1.165) is 19.2 Å². The van der Waals surface area contributed by atoms with Crippen molar-refractivity contribution in [3.05, 3.63) is 47.3 Å².